The Morgan fingerprint density at radius 1 is 0.879 bits per heavy atom. The monoisotopic (exact) mass is 440 g/mol. The molecule has 5 aromatic rings. The van der Waals surface area contributed by atoms with Crippen LogP contribution in [0.25, 0.3) is 16.9 Å². The van der Waals surface area contributed by atoms with Gasteiger partial charge in [0.05, 0.1) is 24.6 Å². The largest absolute Gasteiger partial charge is 0.337 e. The molecule has 0 aliphatic rings. The average Bonchev–Trinajstić information content (AvgIpc) is 3.28. The third-order valence-electron chi connectivity index (χ3n) is 5.82. The zero-order chi connectivity index (χ0) is 22.9. The van der Waals surface area contributed by atoms with E-state index < -0.39 is 17.1 Å². The zero-order valence-electron chi connectivity index (χ0n) is 17.9. The number of imidazole rings is 1. The molecule has 0 radical (unpaired) electrons. The molecule has 0 aliphatic carbocycles. The number of fused-ring (bicyclic) bond motifs is 1. The molecule has 3 aromatic carbocycles. The summed E-state index contributed by atoms with van der Waals surface area (Å²) in [5.74, 6) is -0.413. The molecule has 33 heavy (non-hydrogen) atoms. The fourth-order valence-corrected chi connectivity index (χ4v) is 4.06. The molecule has 2 heterocycles. The number of benzene rings is 3. The van der Waals surface area contributed by atoms with Crippen LogP contribution in [0.3, 0.4) is 0 Å². The Labute approximate surface area is 188 Å². The van der Waals surface area contributed by atoms with E-state index in [1.807, 2.05) is 67.6 Å². The molecule has 7 heteroatoms. The van der Waals surface area contributed by atoms with Crippen molar-refractivity contribution in [3.05, 3.63) is 129 Å². The van der Waals surface area contributed by atoms with Crippen molar-refractivity contribution >= 4 is 11.2 Å². The van der Waals surface area contributed by atoms with E-state index in [2.05, 4.69) is 4.98 Å². The highest BCUT2D eigenvalue weighted by molar-refractivity contribution is 5.73. The summed E-state index contributed by atoms with van der Waals surface area (Å²) in [4.78, 5) is 31.6. The summed E-state index contributed by atoms with van der Waals surface area (Å²) < 4.78 is 17.9. The summed E-state index contributed by atoms with van der Waals surface area (Å²) in [6.45, 7) is 2.09. The summed E-state index contributed by atoms with van der Waals surface area (Å²) in [5, 5.41) is 0. The van der Waals surface area contributed by atoms with E-state index in [1.165, 1.54) is 33.4 Å². The zero-order valence-corrected chi connectivity index (χ0v) is 17.9. The second-order valence-electron chi connectivity index (χ2n) is 7.88. The van der Waals surface area contributed by atoms with Gasteiger partial charge in [-0.15, -0.1) is 0 Å². The van der Waals surface area contributed by atoms with Gasteiger partial charge in [0.2, 0.25) is 0 Å². The lowest BCUT2D eigenvalue weighted by Gasteiger charge is -2.16. The maximum Gasteiger partial charge on any atom is 0.337 e. The quantitative estimate of drug-likeness (QED) is 0.413. The normalized spacial score (nSPS) is 12.2. The molecule has 0 unspecified atom stereocenters. The van der Waals surface area contributed by atoms with E-state index in [0.29, 0.717) is 11.2 Å². The van der Waals surface area contributed by atoms with Gasteiger partial charge in [0.15, 0.2) is 11.2 Å². The summed E-state index contributed by atoms with van der Waals surface area (Å²) in [6.07, 6.45) is 1.58. The topological polar surface area (TPSA) is 61.8 Å². The maximum atomic E-state index is 13.6. The summed E-state index contributed by atoms with van der Waals surface area (Å²) in [7, 11) is 0. The Bertz CT molecular complexity index is 1540. The van der Waals surface area contributed by atoms with Gasteiger partial charge in [0.25, 0.3) is 5.56 Å². The molecular weight excluding hydrogens is 419 g/mol. The number of rotatable bonds is 5. The molecule has 0 fully saturated rings. The van der Waals surface area contributed by atoms with Gasteiger partial charge < -0.3 is 4.57 Å². The molecule has 6 nitrogen and oxygen atoms in total. The van der Waals surface area contributed by atoms with Crippen molar-refractivity contribution in [2.75, 3.05) is 0 Å². The van der Waals surface area contributed by atoms with Crippen molar-refractivity contribution in [3.63, 3.8) is 0 Å². The van der Waals surface area contributed by atoms with Crippen molar-refractivity contribution in [1.82, 2.24) is 18.7 Å². The van der Waals surface area contributed by atoms with Gasteiger partial charge in [0.1, 0.15) is 5.82 Å². The highest BCUT2D eigenvalue weighted by Crippen LogP contribution is 2.22. The van der Waals surface area contributed by atoms with E-state index >= 15 is 0 Å². The minimum Gasteiger partial charge on any atom is -0.317 e. The van der Waals surface area contributed by atoms with Crippen molar-refractivity contribution in [2.24, 2.45) is 0 Å². The molecule has 5 rings (SSSR count). The van der Waals surface area contributed by atoms with Gasteiger partial charge in [-0.1, -0.05) is 60.7 Å². The fourth-order valence-electron chi connectivity index (χ4n) is 4.06. The predicted octanol–water partition coefficient (Wildman–Crippen LogP) is 4.15. The number of hydrogen-bond donors (Lipinski definition) is 0. The number of hydrogen-bond acceptors (Lipinski definition) is 3. The van der Waals surface area contributed by atoms with E-state index in [0.717, 1.165) is 11.1 Å². The van der Waals surface area contributed by atoms with Crippen molar-refractivity contribution < 1.29 is 4.39 Å². The standard InChI is InChI=1S/C26H21FN4O2/c1-18(20-10-6-3-7-11-20)30-17-28-24-23(30)25(32)29(16-19-8-4-2-5-9-19)26(33)31(24)22-14-12-21(27)13-15-22/h2-15,17-18H,16H2,1H3/t18-/m0/s1. The molecule has 2 aromatic heterocycles. The molecule has 164 valence electrons. The lowest BCUT2D eigenvalue weighted by molar-refractivity contribution is 0.626. The fraction of sp³-hybridized carbons (Fsp3) is 0.115. The first kappa shape index (κ1) is 20.6. The highest BCUT2D eigenvalue weighted by atomic mass is 19.1. The Balaban J connectivity index is 1.80. The third kappa shape index (κ3) is 3.67. The van der Waals surface area contributed by atoms with Gasteiger partial charge in [0, 0.05) is 0 Å². The minimum atomic E-state index is -0.527. The van der Waals surface area contributed by atoms with E-state index in [-0.39, 0.29) is 18.2 Å². The van der Waals surface area contributed by atoms with Crippen LogP contribution in [0.1, 0.15) is 24.1 Å². The molecule has 0 aliphatic heterocycles. The number of nitrogens with zero attached hydrogens (tertiary/aromatic N) is 4. The molecule has 0 N–H and O–H groups in total. The average molecular weight is 440 g/mol. The Hall–Kier alpha value is -4.26. The van der Waals surface area contributed by atoms with E-state index in [9.17, 15) is 14.0 Å². The van der Waals surface area contributed by atoms with Crippen LogP contribution in [0, 0.1) is 5.82 Å². The minimum absolute atomic E-state index is 0.112. The Morgan fingerprint density at radius 3 is 2.18 bits per heavy atom. The molecule has 0 bridgehead atoms. The first-order valence-electron chi connectivity index (χ1n) is 10.6. The van der Waals surface area contributed by atoms with Gasteiger partial charge in [-0.05, 0) is 42.3 Å². The third-order valence-corrected chi connectivity index (χ3v) is 5.82. The van der Waals surface area contributed by atoms with Crippen LogP contribution >= 0.6 is 0 Å². The van der Waals surface area contributed by atoms with Crippen LogP contribution in [0.15, 0.2) is 101 Å². The van der Waals surface area contributed by atoms with Crippen LogP contribution in [0.5, 0.6) is 0 Å². The second-order valence-corrected chi connectivity index (χ2v) is 7.88. The first-order valence-corrected chi connectivity index (χ1v) is 10.6. The smallest absolute Gasteiger partial charge is 0.317 e. The SMILES string of the molecule is C[C@@H](c1ccccc1)n1cnc2c1c(=O)n(Cc1ccccc1)c(=O)n2-c1ccc(F)cc1. The molecule has 1 atom stereocenters. The lowest BCUT2D eigenvalue weighted by atomic mass is 10.1. The van der Waals surface area contributed by atoms with Gasteiger partial charge in [-0.25, -0.2) is 18.7 Å². The van der Waals surface area contributed by atoms with E-state index in [1.54, 1.807) is 10.9 Å². The van der Waals surface area contributed by atoms with Gasteiger partial charge >= 0.3 is 5.69 Å². The molecule has 0 amide bonds. The summed E-state index contributed by atoms with van der Waals surface area (Å²) in [6, 6.07) is 24.5. The van der Waals surface area contributed by atoms with Crippen molar-refractivity contribution in [3.8, 4) is 5.69 Å². The van der Waals surface area contributed by atoms with E-state index in [4.69, 9.17) is 0 Å². The Kier molecular flexibility index (Phi) is 5.22. The number of halogens is 1. The molecule has 0 spiro atoms. The van der Waals surface area contributed by atoms with Gasteiger partial charge in [-0.3, -0.25) is 9.36 Å². The van der Waals surface area contributed by atoms with Crippen LogP contribution in [-0.2, 0) is 6.54 Å². The predicted molar refractivity (Wildman–Crippen MR) is 125 cm³/mol. The first-order chi connectivity index (χ1) is 16.0. The van der Waals surface area contributed by atoms with Crippen LogP contribution in [0.4, 0.5) is 4.39 Å². The number of aromatic nitrogens is 4. The molecule has 0 saturated heterocycles. The summed E-state index contributed by atoms with van der Waals surface area (Å²) >= 11 is 0. The second kappa shape index (κ2) is 8.35. The molecular formula is C26H21FN4O2. The highest BCUT2D eigenvalue weighted by Gasteiger charge is 2.22. The molecule has 0 saturated carbocycles. The Morgan fingerprint density at radius 2 is 1.52 bits per heavy atom. The van der Waals surface area contributed by atoms with Crippen molar-refractivity contribution in [2.45, 2.75) is 19.5 Å². The van der Waals surface area contributed by atoms with Gasteiger partial charge in [-0.2, -0.15) is 0 Å². The summed E-state index contributed by atoms with van der Waals surface area (Å²) in [5.41, 5.74) is 1.87. The van der Waals surface area contributed by atoms with Crippen LogP contribution in [-0.4, -0.2) is 18.7 Å². The van der Waals surface area contributed by atoms with Crippen LogP contribution < -0.4 is 11.2 Å². The van der Waals surface area contributed by atoms with Crippen LogP contribution in [0.2, 0.25) is 0 Å². The maximum absolute atomic E-state index is 13.6. The van der Waals surface area contributed by atoms with Crippen molar-refractivity contribution in [1.29, 1.82) is 0 Å². The lowest BCUT2D eigenvalue weighted by Crippen LogP contribution is -2.40.